The third-order valence-electron chi connectivity index (χ3n) is 5.75. The van der Waals surface area contributed by atoms with Crippen LogP contribution in [-0.2, 0) is 0 Å². The van der Waals surface area contributed by atoms with Crippen LogP contribution in [0.25, 0.3) is 58.8 Å². The first-order chi connectivity index (χ1) is 14.4. The summed E-state index contributed by atoms with van der Waals surface area (Å²) in [6.07, 6.45) is 1.52. The maximum Gasteiger partial charge on any atom is 0.182 e. The minimum atomic E-state index is 0.801. The van der Waals surface area contributed by atoms with Crippen molar-refractivity contribution in [1.29, 1.82) is 0 Å². The van der Waals surface area contributed by atoms with Crippen molar-refractivity contribution in [3.05, 3.63) is 85.3 Å². The lowest BCUT2D eigenvalue weighted by atomic mass is 10.1. The van der Waals surface area contributed by atoms with Crippen LogP contribution < -0.4 is 0 Å². The van der Waals surface area contributed by atoms with E-state index in [4.69, 9.17) is 4.42 Å². The number of rotatable bonds is 1. The Morgan fingerprint density at radius 1 is 0.690 bits per heavy atom. The minimum absolute atomic E-state index is 0.801. The van der Waals surface area contributed by atoms with Gasteiger partial charge >= 0.3 is 0 Å². The average Bonchev–Trinajstić information content (AvgIpc) is 3.46. The summed E-state index contributed by atoms with van der Waals surface area (Å²) in [5.74, 6) is 0. The van der Waals surface area contributed by atoms with E-state index in [0.717, 1.165) is 16.8 Å². The van der Waals surface area contributed by atoms with Crippen molar-refractivity contribution < 1.29 is 4.42 Å². The second-order valence-corrected chi connectivity index (χ2v) is 8.38. The molecule has 7 rings (SSSR count). The molecule has 4 aromatic carbocycles. The summed E-state index contributed by atoms with van der Waals surface area (Å²) >= 11 is 1.86. The topological polar surface area (TPSA) is 31.0 Å². The van der Waals surface area contributed by atoms with Gasteiger partial charge in [0, 0.05) is 30.9 Å². The Morgan fingerprint density at radius 2 is 1.55 bits per heavy atom. The number of fused-ring (bicyclic) bond motifs is 7. The Balaban J connectivity index is 1.73. The molecule has 3 heterocycles. The van der Waals surface area contributed by atoms with E-state index in [0.29, 0.717) is 0 Å². The van der Waals surface area contributed by atoms with E-state index in [2.05, 4.69) is 76.3 Å². The molecule has 3 nitrogen and oxygen atoms in total. The Kier molecular flexibility index (Phi) is 2.88. The zero-order valence-electron chi connectivity index (χ0n) is 15.3. The highest BCUT2D eigenvalue weighted by atomic mass is 32.1. The Labute approximate surface area is 169 Å². The van der Waals surface area contributed by atoms with E-state index in [1.54, 1.807) is 0 Å². The Morgan fingerprint density at radius 3 is 2.52 bits per heavy atom. The van der Waals surface area contributed by atoms with Gasteiger partial charge in [-0.25, -0.2) is 4.98 Å². The number of oxazole rings is 1. The fourth-order valence-corrected chi connectivity index (χ4v) is 5.63. The van der Waals surface area contributed by atoms with Crippen LogP contribution in [0.5, 0.6) is 0 Å². The highest BCUT2D eigenvalue weighted by Crippen LogP contribution is 2.41. The molecule has 7 aromatic rings. The lowest BCUT2D eigenvalue weighted by molar-refractivity contribution is 0.602. The molecule has 0 radical (unpaired) electrons. The molecule has 136 valence electrons. The van der Waals surface area contributed by atoms with Gasteiger partial charge in [-0.15, -0.1) is 11.3 Å². The number of aromatic nitrogens is 2. The zero-order valence-corrected chi connectivity index (χ0v) is 16.1. The van der Waals surface area contributed by atoms with Gasteiger partial charge in [-0.05, 0) is 36.4 Å². The summed E-state index contributed by atoms with van der Waals surface area (Å²) in [6, 6.07) is 28.0. The molecular weight excluding hydrogens is 376 g/mol. The average molecular weight is 390 g/mol. The summed E-state index contributed by atoms with van der Waals surface area (Å²) in [5.41, 5.74) is 5.10. The van der Waals surface area contributed by atoms with Gasteiger partial charge in [-0.2, -0.15) is 0 Å². The monoisotopic (exact) mass is 390 g/mol. The van der Waals surface area contributed by atoms with Crippen molar-refractivity contribution >= 4 is 64.4 Å². The van der Waals surface area contributed by atoms with Crippen molar-refractivity contribution in [3.8, 4) is 5.69 Å². The molecule has 0 N–H and O–H groups in total. The van der Waals surface area contributed by atoms with E-state index in [1.165, 1.54) is 48.4 Å². The van der Waals surface area contributed by atoms with Crippen LogP contribution in [0, 0.1) is 0 Å². The van der Waals surface area contributed by atoms with E-state index in [9.17, 15) is 0 Å². The number of nitrogens with zero attached hydrogens (tertiary/aromatic N) is 2. The summed E-state index contributed by atoms with van der Waals surface area (Å²) in [5, 5.41) is 5.13. The van der Waals surface area contributed by atoms with Crippen LogP contribution in [0.2, 0.25) is 0 Å². The molecule has 4 heteroatoms. The molecule has 0 unspecified atom stereocenters. The second-order valence-electron chi connectivity index (χ2n) is 7.29. The molecule has 3 aromatic heterocycles. The Bertz CT molecular complexity index is 1720. The van der Waals surface area contributed by atoms with Gasteiger partial charge in [-0.1, -0.05) is 42.5 Å². The third-order valence-corrected chi connectivity index (χ3v) is 6.88. The van der Waals surface area contributed by atoms with Crippen molar-refractivity contribution in [1.82, 2.24) is 9.55 Å². The van der Waals surface area contributed by atoms with E-state index >= 15 is 0 Å². The summed E-state index contributed by atoms with van der Waals surface area (Å²) in [6.45, 7) is 0. The lowest BCUT2D eigenvalue weighted by Gasteiger charge is -2.08. The van der Waals surface area contributed by atoms with Gasteiger partial charge in [0.05, 0.1) is 16.7 Å². The van der Waals surface area contributed by atoms with Crippen LogP contribution in [0.3, 0.4) is 0 Å². The molecule has 0 amide bonds. The van der Waals surface area contributed by atoms with Crippen LogP contribution in [0.1, 0.15) is 0 Å². The molecular formula is C25H14N2OS. The summed E-state index contributed by atoms with van der Waals surface area (Å²) < 4.78 is 10.5. The lowest BCUT2D eigenvalue weighted by Crippen LogP contribution is -1.94. The van der Waals surface area contributed by atoms with Crippen molar-refractivity contribution in [2.75, 3.05) is 0 Å². The van der Waals surface area contributed by atoms with Crippen LogP contribution in [0.15, 0.2) is 89.7 Å². The highest BCUT2D eigenvalue weighted by molar-refractivity contribution is 7.25. The van der Waals surface area contributed by atoms with Gasteiger partial charge in [0.15, 0.2) is 12.0 Å². The fourth-order valence-electron chi connectivity index (χ4n) is 4.50. The highest BCUT2D eigenvalue weighted by Gasteiger charge is 2.17. The van der Waals surface area contributed by atoms with E-state index in [1.807, 2.05) is 23.5 Å². The predicted molar refractivity (Wildman–Crippen MR) is 121 cm³/mol. The molecule has 0 spiro atoms. The van der Waals surface area contributed by atoms with Crippen molar-refractivity contribution in [2.45, 2.75) is 0 Å². The van der Waals surface area contributed by atoms with Gasteiger partial charge < -0.3 is 8.98 Å². The molecule has 0 bridgehead atoms. The molecule has 0 aliphatic heterocycles. The molecule has 0 fully saturated rings. The summed E-state index contributed by atoms with van der Waals surface area (Å²) in [4.78, 5) is 4.51. The Hall–Kier alpha value is -3.63. The SMILES string of the molecule is c1cc(-n2c3ccccc3c3cc4sc5ccccc5c4cc32)c2ncoc2c1. The quantitative estimate of drug-likeness (QED) is 0.295. The largest absolute Gasteiger partial charge is 0.443 e. The van der Waals surface area contributed by atoms with E-state index in [-0.39, 0.29) is 0 Å². The normalized spacial score (nSPS) is 12.1. The van der Waals surface area contributed by atoms with E-state index < -0.39 is 0 Å². The molecule has 0 atom stereocenters. The van der Waals surface area contributed by atoms with Crippen LogP contribution >= 0.6 is 11.3 Å². The first kappa shape index (κ1) is 15.3. The first-order valence-electron chi connectivity index (χ1n) is 9.55. The van der Waals surface area contributed by atoms with Gasteiger partial charge in [0.1, 0.15) is 5.52 Å². The molecule has 0 aliphatic carbocycles. The van der Waals surface area contributed by atoms with Gasteiger partial charge in [-0.3, -0.25) is 0 Å². The number of hydrogen-bond acceptors (Lipinski definition) is 3. The summed E-state index contributed by atoms with van der Waals surface area (Å²) in [7, 11) is 0. The maximum atomic E-state index is 5.57. The molecule has 0 aliphatic rings. The number of para-hydroxylation sites is 2. The van der Waals surface area contributed by atoms with Crippen molar-refractivity contribution in [2.24, 2.45) is 0 Å². The smallest absolute Gasteiger partial charge is 0.182 e. The second kappa shape index (κ2) is 5.46. The molecule has 29 heavy (non-hydrogen) atoms. The molecule has 0 saturated heterocycles. The first-order valence-corrected chi connectivity index (χ1v) is 10.4. The zero-order chi connectivity index (χ0) is 18.9. The van der Waals surface area contributed by atoms with Crippen molar-refractivity contribution in [3.63, 3.8) is 0 Å². The standard InChI is InChI=1S/C25H14N2OS/c1-3-8-19-15(6-1)17-13-24-18(16-7-2-4-11-23(16)29-24)12-21(17)27(19)20-9-5-10-22-25(20)26-14-28-22/h1-14H. The molecule has 0 saturated carbocycles. The number of thiophene rings is 1. The van der Waals surface area contributed by atoms with Crippen LogP contribution in [-0.4, -0.2) is 9.55 Å². The third kappa shape index (κ3) is 1.99. The number of benzene rings is 4. The minimum Gasteiger partial charge on any atom is -0.443 e. The number of hydrogen-bond donors (Lipinski definition) is 0. The van der Waals surface area contributed by atoms with Crippen LogP contribution in [0.4, 0.5) is 0 Å². The van der Waals surface area contributed by atoms with Gasteiger partial charge in [0.25, 0.3) is 0 Å². The fraction of sp³-hybridized carbons (Fsp3) is 0. The maximum absolute atomic E-state index is 5.57. The van der Waals surface area contributed by atoms with Gasteiger partial charge in [0.2, 0.25) is 0 Å². The predicted octanol–water partition coefficient (Wildman–Crippen LogP) is 7.29.